The third-order valence-corrected chi connectivity index (χ3v) is 4.27. The lowest BCUT2D eigenvalue weighted by atomic mass is 10.2. The van der Waals surface area contributed by atoms with Gasteiger partial charge in [-0.2, -0.15) is 0 Å². The van der Waals surface area contributed by atoms with E-state index in [4.69, 9.17) is 11.6 Å². The van der Waals surface area contributed by atoms with E-state index < -0.39 is 0 Å². The second kappa shape index (κ2) is 7.11. The number of nitrogens with one attached hydrogen (secondary N) is 1. The Kier molecular flexibility index (Phi) is 5.46. The molecule has 0 bridgehead atoms. The summed E-state index contributed by atoms with van der Waals surface area (Å²) in [5.41, 5.74) is 1.08. The number of hydrogen-bond donors (Lipinski definition) is 1. The first-order valence-electron chi connectivity index (χ1n) is 6.50. The first-order chi connectivity index (χ1) is 9.56. The van der Waals surface area contributed by atoms with E-state index >= 15 is 0 Å². The van der Waals surface area contributed by atoms with E-state index in [0.29, 0.717) is 6.04 Å². The van der Waals surface area contributed by atoms with Crippen molar-refractivity contribution in [1.82, 2.24) is 5.32 Å². The zero-order valence-corrected chi connectivity index (χ0v) is 13.1. The largest absolute Gasteiger partial charge is 0.310 e. The van der Waals surface area contributed by atoms with Gasteiger partial charge in [-0.15, -0.1) is 0 Å². The second-order valence-electron chi connectivity index (χ2n) is 4.81. The van der Waals surface area contributed by atoms with Crippen molar-refractivity contribution in [3.63, 3.8) is 0 Å². The summed E-state index contributed by atoms with van der Waals surface area (Å²) >= 11 is 7.89. The lowest BCUT2D eigenvalue weighted by Gasteiger charge is -2.14. The third-order valence-electron chi connectivity index (χ3n) is 2.80. The van der Waals surface area contributed by atoms with Gasteiger partial charge in [-0.1, -0.05) is 43.3 Å². The van der Waals surface area contributed by atoms with E-state index in [0.717, 1.165) is 26.9 Å². The fourth-order valence-corrected chi connectivity index (χ4v) is 3.02. The summed E-state index contributed by atoms with van der Waals surface area (Å²) in [4.78, 5) is 2.09. The van der Waals surface area contributed by atoms with Crippen LogP contribution in [0, 0.1) is 5.82 Å². The van der Waals surface area contributed by atoms with Gasteiger partial charge in [-0.25, -0.2) is 4.39 Å². The molecule has 106 valence electrons. The Morgan fingerprint density at radius 1 is 1.15 bits per heavy atom. The van der Waals surface area contributed by atoms with Gasteiger partial charge in [0.05, 0.1) is 0 Å². The molecule has 0 aliphatic carbocycles. The lowest BCUT2D eigenvalue weighted by Crippen LogP contribution is -2.22. The molecule has 1 N–H and O–H groups in total. The van der Waals surface area contributed by atoms with E-state index in [1.54, 1.807) is 23.9 Å². The van der Waals surface area contributed by atoms with Gasteiger partial charge in [0.25, 0.3) is 0 Å². The minimum absolute atomic E-state index is 0.220. The van der Waals surface area contributed by atoms with Crippen molar-refractivity contribution < 1.29 is 4.39 Å². The van der Waals surface area contributed by atoms with Crippen molar-refractivity contribution in [2.75, 3.05) is 0 Å². The summed E-state index contributed by atoms with van der Waals surface area (Å²) < 4.78 is 12.9. The first kappa shape index (κ1) is 15.4. The molecule has 2 aromatic carbocycles. The smallest absolute Gasteiger partial charge is 0.123 e. The minimum Gasteiger partial charge on any atom is -0.310 e. The highest BCUT2D eigenvalue weighted by atomic mass is 35.5. The highest BCUT2D eigenvalue weighted by molar-refractivity contribution is 7.99. The molecule has 0 atom stereocenters. The van der Waals surface area contributed by atoms with Crippen molar-refractivity contribution in [2.45, 2.75) is 36.2 Å². The monoisotopic (exact) mass is 309 g/mol. The maximum atomic E-state index is 12.9. The van der Waals surface area contributed by atoms with Gasteiger partial charge in [0.15, 0.2) is 0 Å². The van der Waals surface area contributed by atoms with Crippen LogP contribution in [0.2, 0.25) is 5.02 Å². The van der Waals surface area contributed by atoms with Gasteiger partial charge in [0, 0.05) is 27.4 Å². The fourth-order valence-electron chi connectivity index (χ4n) is 1.74. The highest BCUT2D eigenvalue weighted by Crippen LogP contribution is 2.33. The molecule has 0 radical (unpaired) electrons. The molecule has 0 aliphatic rings. The van der Waals surface area contributed by atoms with Crippen molar-refractivity contribution in [1.29, 1.82) is 0 Å². The minimum atomic E-state index is -0.220. The Morgan fingerprint density at radius 3 is 2.50 bits per heavy atom. The van der Waals surface area contributed by atoms with Crippen molar-refractivity contribution in [2.24, 2.45) is 0 Å². The molecule has 0 unspecified atom stereocenters. The predicted octanol–water partition coefficient (Wildman–Crippen LogP) is 5.13. The van der Waals surface area contributed by atoms with Crippen LogP contribution in [0.4, 0.5) is 4.39 Å². The third kappa shape index (κ3) is 4.23. The summed E-state index contributed by atoms with van der Waals surface area (Å²) in [6.45, 7) is 4.92. The van der Waals surface area contributed by atoms with Crippen LogP contribution in [-0.2, 0) is 6.54 Å². The van der Waals surface area contributed by atoms with Crippen LogP contribution in [0.5, 0.6) is 0 Å². The van der Waals surface area contributed by atoms with Crippen molar-refractivity contribution in [3.05, 3.63) is 58.9 Å². The standard InChI is InChI=1S/C16H17ClFNS/c1-11(2)19-10-14-15(17)4-3-5-16(14)20-13-8-6-12(18)7-9-13/h3-9,11,19H,10H2,1-2H3. The number of halogens is 2. The molecule has 2 rings (SSSR count). The van der Waals surface area contributed by atoms with Gasteiger partial charge in [-0.05, 0) is 42.0 Å². The Labute approximate surface area is 128 Å². The molecule has 0 heterocycles. The van der Waals surface area contributed by atoms with E-state index in [1.165, 1.54) is 12.1 Å². The van der Waals surface area contributed by atoms with Crippen LogP contribution in [-0.4, -0.2) is 6.04 Å². The van der Waals surface area contributed by atoms with E-state index in [1.807, 2.05) is 18.2 Å². The number of hydrogen-bond acceptors (Lipinski definition) is 2. The van der Waals surface area contributed by atoms with Gasteiger partial charge in [0.2, 0.25) is 0 Å². The lowest BCUT2D eigenvalue weighted by molar-refractivity contribution is 0.585. The summed E-state index contributed by atoms with van der Waals surface area (Å²) in [5, 5.41) is 4.13. The first-order valence-corrected chi connectivity index (χ1v) is 7.70. The van der Waals surface area contributed by atoms with E-state index in [-0.39, 0.29) is 5.82 Å². The maximum Gasteiger partial charge on any atom is 0.123 e. The van der Waals surface area contributed by atoms with Crippen LogP contribution in [0.25, 0.3) is 0 Å². The molecular formula is C16H17ClFNS. The molecule has 0 saturated carbocycles. The summed E-state index contributed by atoms with van der Waals surface area (Å²) in [6, 6.07) is 12.8. The topological polar surface area (TPSA) is 12.0 Å². The average Bonchev–Trinajstić information content (AvgIpc) is 2.40. The zero-order valence-electron chi connectivity index (χ0n) is 11.5. The normalized spacial score (nSPS) is 11.1. The Balaban J connectivity index is 2.22. The summed E-state index contributed by atoms with van der Waals surface area (Å²) in [5.74, 6) is -0.220. The van der Waals surface area contributed by atoms with Gasteiger partial charge in [-0.3, -0.25) is 0 Å². The molecule has 20 heavy (non-hydrogen) atoms. The molecule has 2 aromatic rings. The SMILES string of the molecule is CC(C)NCc1c(Cl)cccc1Sc1ccc(F)cc1. The highest BCUT2D eigenvalue weighted by Gasteiger charge is 2.09. The molecule has 0 amide bonds. The van der Waals surface area contributed by atoms with Crippen LogP contribution < -0.4 is 5.32 Å². The Bertz CT molecular complexity index is 569. The number of rotatable bonds is 5. The number of benzene rings is 2. The summed E-state index contributed by atoms with van der Waals surface area (Å²) in [6.07, 6.45) is 0. The molecule has 4 heteroatoms. The van der Waals surface area contributed by atoms with Crippen LogP contribution >= 0.6 is 23.4 Å². The van der Waals surface area contributed by atoms with Crippen LogP contribution in [0.1, 0.15) is 19.4 Å². The van der Waals surface area contributed by atoms with Gasteiger partial charge >= 0.3 is 0 Å². The quantitative estimate of drug-likeness (QED) is 0.822. The fraction of sp³-hybridized carbons (Fsp3) is 0.250. The second-order valence-corrected chi connectivity index (χ2v) is 6.33. The molecule has 0 saturated heterocycles. The van der Waals surface area contributed by atoms with E-state index in [2.05, 4.69) is 19.2 Å². The summed E-state index contributed by atoms with van der Waals surface area (Å²) in [7, 11) is 0. The maximum absolute atomic E-state index is 12.9. The zero-order chi connectivity index (χ0) is 14.5. The Hall–Kier alpha value is -1.03. The van der Waals surface area contributed by atoms with E-state index in [9.17, 15) is 4.39 Å². The van der Waals surface area contributed by atoms with Crippen LogP contribution in [0.3, 0.4) is 0 Å². The molecule has 0 fully saturated rings. The van der Waals surface area contributed by atoms with Crippen LogP contribution in [0.15, 0.2) is 52.3 Å². The molecule has 0 spiro atoms. The van der Waals surface area contributed by atoms with Crippen molar-refractivity contribution >= 4 is 23.4 Å². The molecule has 0 aliphatic heterocycles. The molecular weight excluding hydrogens is 293 g/mol. The molecule has 0 aromatic heterocycles. The van der Waals surface area contributed by atoms with Gasteiger partial charge < -0.3 is 5.32 Å². The Morgan fingerprint density at radius 2 is 1.85 bits per heavy atom. The average molecular weight is 310 g/mol. The molecule has 1 nitrogen and oxygen atoms in total. The predicted molar refractivity (Wildman–Crippen MR) is 84.0 cm³/mol. The van der Waals surface area contributed by atoms with Crippen molar-refractivity contribution in [3.8, 4) is 0 Å². The van der Waals surface area contributed by atoms with Gasteiger partial charge in [0.1, 0.15) is 5.82 Å².